The van der Waals surface area contributed by atoms with Crippen molar-refractivity contribution < 1.29 is 13.6 Å². The molecule has 3 aliphatic heterocycles. The van der Waals surface area contributed by atoms with E-state index in [1.807, 2.05) is 6.92 Å². The number of fused-ring (bicyclic) bond motifs is 2. The summed E-state index contributed by atoms with van der Waals surface area (Å²) in [5.41, 5.74) is 7.88. The molecule has 3 atom stereocenters. The number of unbranched alkanes of at least 4 members (excludes halogenated alkanes) is 1. The van der Waals surface area contributed by atoms with Crippen molar-refractivity contribution >= 4 is 25.6 Å². The molecule has 3 heterocycles. The standard InChI is InChI=1S/C35H46N4O2P/c1-7-8-21-38-30-17-11-9-15-28(30)34(3,4)32(38)19-13-20-33-35(5,6)29-16-10-12-18-31(29)39(33)22-14-23-40-42-37-26(2)27(24-36)25-41-42/h9-13,15-20,26-27,37H,7-8,14,21-23,25H2,1-6H3/q+1. The van der Waals surface area contributed by atoms with Crippen molar-refractivity contribution in [2.45, 2.75) is 77.7 Å². The van der Waals surface area contributed by atoms with Gasteiger partial charge in [-0.2, -0.15) is 9.84 Å². The van der Waals surface area contributed by atoms with Gasteiger partial charge in [0.1, 0.15) is 6.54 Å². The summed E-state index contributed by atoms with van der Waals surface area (Å²) in [6.45, 7) is 16.6. The van der Waals surface area contributed by atoms with Gasteiger partial charge in [0.25, 0.3) is 8.53 Å². The maximum Gasteiger partial charge on any atom is 0.256 e. The molecule has 42 heavy (non-hydrogen) atoms. The van der Waals surface area contributed by atoms with E-state index in [0.29, 0.717) is 13.2 Å². The van der Waals surface area contributed by atoms with Crippen LogP contribution in [0.3, 0.4) is 0 Å². The lowest BCUT2D eigenvalue weighted by Crippen LogP contribution is -2.37. The summed E-state index contributed by atoms with van der Waals surface area (Å²) in [6.07, 6.45) is 10.1. The van der Waals surface area contributed by atoms with Gasteiger partial charge >= 0.3 is 0 Å². The van der Waals surface area contributed by atoms with Crippen molar-refractivity contribution in [2.24, 2.45) is 5.92 Å². The molecule has 3 aliphatic rings. The molecule has 1 N–H and O–H groups in total. The predicted octanol–water partition coefficient (Wildman–Crippen LogP) is 7.88. The molecular formula is C35H46N4O2P+. The fourth-order valence-corrected chi connectivity index (χ4v) is 7.82. The second kappa shape index (κ2) is 12.8. The molecule has 0 aromatic heterocycles. The van der Waals surface area contributed by atoms with Crippen LogP contribution < -0.4 is 9.99 Å². The van der Waals surface area contributed by atoms with Crippen LogP contribution in [0.1, 0.15) is 71.9 Å². The van der Waals surface area contributed by atoms with Crippen LogP contribution in [0, 0.1) is 17.2 Å². The Balaban J connectivity index is 1.35. The third-order valence-corrected chi connectivity index (χ3v) is 10.4. The predicted molar refractivity (Wildman–Crippen MR) is 173 cm³/mol. The summed E-state index contributed by atoms with van der Waals surface area (Å²) in [4.78, 5) is 2.47. The third kappa shape index (κ3) is 5.86. The van der Waals surface area contributed by atoms with Gasteiger partial charge in [0, 0.05) is 53.5 Å². The molecule has 0 aliphatic carbocycles. The van der Waals surface area contributed by atoms with Gasteiger partial charge in [-0.05, 0) is 44.9 Å². The number of nitrogens with zero attached hydrogens (tertiary/aromatic N) is 3. The van der Waals surface area contributed by atoms with Gasteiger partial charge in [0.05, 0.1) is 30.6 Å². The van der Waals surface area contributed by atoms with Gasteiger partial charge in [-0.25, -0.2) is 5.09 Å². The number of hydrogen-bond donors (Lipinski definition) is 1. The van der Waals surface area contributed by atoms with E-state index in [-0.39, 0.29) is 22.8 Å². The highest BCUT2D eigenvalue weighted by Gasteiger charge is 2.44. The Morgan fingerprint density at radius 1 is 1.10 bits per heavy atom. The second-order valence-electron chi connectivity index (χ2n) is 12.6. The Kier molecular flexibility index (Phi) is 9.35. The van der Waals surface area contributed by atoms with Crippen molar-refractivity contribution in [2.75, 3.05) is 31.2 Å². The van der Waals surface area contributed by atoms with Gasteiger partial charge < -0.3 is 13.9 Å². The minimum Gasteiger partial charge on any atom is -0.344 e. The summed E-state index contributed by atoms with van der Waals surface area (Å²) in [5.74, 6) is -0.128. The molecule has 1 fully saturated rings. The number of hydrogen-bond acceptors (Lipinski definition) is 5. The summed E-state index contributed by atoms with van der Waals surface area (Å²) in [6, 6.07) is 20.0. The van der Waals surface area contributed by atoms with E-state index >= 15 is 0 Å². The van der Waals surface area contributed by atoms with Crippen LogP contribution >= 0.6 is 8.53 Å². The fraction of sp³-hybridized carbons (Fsp3) is 0.486. The number of para-hydroxylation sites is 2. The third-order valence-electron chi connectivity index (χ3n) is 9.03. The van der Waals surface area contributed by atoms with E-state index in [0.717, 1.165) is 19.5 Å². The molecular weight excluding hydrogens is 539 g/mol. The van der Waals surface area contributed by atoms with Gasteiger partial charge in [-0.15, -0.1) is 0 Å². The molecule has 2 aromatic rings. The molecule has 1 saturated heterocycles. The molecule has 2 aromatic carbocycles. The SMILES string of the molecule is CCCC[N+]1=C(/C=C/C=C2/N(CCCOP3NC(C)C(C#N)CO3)c3ccccc3C2(C)C)C(C)(C)c2ccccc21. The topological polar surface area (TPSA) is 60.5 Å². The largest absolute Gasteiger partial charge is 0.344 e. The fourth-order valence-electron chi connectivity index (χ4n) is 6.49. The van der Waals surface area contributed by atoms with E-state index in [9.17, 15) is 5.26 Å². The molecule has 222 valence electrons. The number of nitrogens with one attached hydrogen (secondary N) is 1. The Bertz CT molecular complexity index is 1420. The average Bonchev–Trinajstić information content (AvgIpc) is 3.33. The lowest BCUT2D eigenvalue weighted by molar-refractivity contribution is -0.438. The van der Waals surface area contributed by atoms with Gasteiger partial charge in [0.2, 0.25) is 5.69 Å². The molecule has 0 saturated carbocycles. The van der Waals surface area contributed by atoms with Crippen LogP contribution in [0.2, 0.25) is 0 Å². The zero-order chi connectivity index (χ0) is 29.9. The van der Waals surface area contributed by atoms with E-state index < -0.39 is 8.53 Å². The minimum absolute atomic E-state index is 0.0493. The summed E-state index contributed by atoms with van der Waals surface area (Å²) < 4.78 is 14.4. The first-order valence-electron chi connectivity index (χ1n) is 15.4. The van der Waals surface area contributed by atoms with Crippen LogP contribution in [0.15, 0.2) is 72.5 Å². The first kappa shape index (κ1) is 30.6. The first-order chi connectivity index (χ1) is 20.2. The quantitative estimate of drug-likeness (QED) is 0.175. The van der Waals surface area contributed by atoms with Crippen molar-refractivity contribution in [3.8, 4) is 6.07 Å². The lowest BCUT2D eigenvalue weighted by Gasteiger charge is -2.31. The Morgan fingerprint density at radius 2 is 1.83 bits per heavy atom. The van der Waals surface area contributed by atoms with E-state index in [4.69, 9.17) is 9.05 Å². The highest BCUT2D eigenvalue weighted by molar-refractivity contribution is 7.45. The van der Waals surface area contributed by atoms with Crippen molar-refractivity contribution in [3.63, 3.8) is 0 Å². The lowest BCUT2D eigenvalue weighted by atomic mass is 9.81. The molecule has 3 unspecified atom stereocenters. The summed E-state index contributed by atoms with van der Waals surface area (Å²) >= 11 is 0. The smallest absolute Gasteiger partial charge is 0.256 e. The minimum atomic E-state index is -1.16. The Labute approximate surface area is 253 Å². The van der Waals surface area contributed by atoms with Crippen LogP contribution in [0.4, 0.5) is 11.4 Å². The number of anilines is 1. The zero-order valence-corrected chi connectivity index (χ0v) is 27.0. The van der Waals surface area contributed by atoms with Crippen LogP contribution in [-0.2, 0) is 19.9 Å². The Morgan fingerprint density at radius 3 is 2.57 bits per heavy atom. The van der Waals surface area contributed by atoms with E-state index in [2.05, 4.69) is 122 Å². The van der Waals surface area contributed by atoms with E-state index in [1.54, 1.807) is 0 Å². The number of nitriles is 1. The number of benzene rings is 2. The van der Waals surface area contributed by atoms with Crippen molar-refractivity contribution in [3.05, 3.63) is 83.6 Å². The molecule has 0 bridgehead atoms. The number of rotatable bonds is 10. The molecule has 0 radical (unpaired) electrons. The molecule has 0 spiro atoms. The maximum atomic E-state index is 9.24. The summed E-state index contributed by atoms with van der Waals surface area (Å²) in [5, 5.41) is 12.6. The molecule has 6 nitrogen and oxygen atoms in total. The molecule has 5 rings (SSSR count). The maximum absolute atomic E-state index is 9.24. The average molecular weight is 586 g/mol. The second-order valence-corrected chi connectivity index (χ2v) is 13.9. The molecule has 0 amide bonds. The van der Waals surface area contributed by atoms with Gasteiger partial charge in [0.15, 0.2) is 5.71 Å². The van der Waals surface area contributed by atoms with Crippen molar-refractivity contribution in [1.82, 2.24) is 5.09 Å². The van der Waals surface area contributed by atoms with Crippen molar-refractivity contribution in [1.29, 1.82) is 5.26 Å². The highest BCUT2D eigenvalue weighted by atomic mass is 31.2. The first-order valence-corrected chi connectivity index (χ1v) is 16.6. The monoisotopic (exact) mass is 585 g/mol. The summed E-state index contributed by atoms with van der Waals surface area (Å²) in [7, 11) is -1.16. The van der Waals surface area contributed by atoms with E-state index in [1.165, 1.54) is 46.8 Å². The normalized spacial score (nSPS) is 25.2. The van der Waals surface area contributed by atoms with Crippen LogP contribution in [0.5, 0.6) is 0 Å². The van der Waals surface area contributed by atoms with Crippen LogP contribution in [-0.4, -0.2) is 42.6 Å². The zero-order valence-electron chi connectivity index (χ0n) is 26.1. The molecule has 7 heteroatoms. The van der Waals surface area contributed by atoms with Gasteiger partial charge in [-0.1, -0.05) is 69.7 Å². The highest BCUT2D eigenvalue weighted by Crippen LogP contribution is 2.48. The van der Waals surface area contributed by atoms with Gasteiger partial charge in [-0.3, -0.25) is 0 Å². The number of allylic oxidation sites excluding steroid dienone is 4. The van der Waals surface area contributed by atoms with Crippen LogP contribution in [0.25, 0.3) is 0 Å². The Hall–Kier alpha value is -2.81.